The van der Waals surface area contributed by atoms with E-state index in [0.29, 0.717) is 17.0 Å². The molecule has 0 fully saturated rings. The monoisotopic (exact) mass is 305 g/mol. The van der Waals surface area contributed by atoms with Gasteiger partial charge in [0.15, 0.2) is 5.65 Å². The lowest BCUT2D eigenvalue weighted by molar-refractivity contribution is 0.399. The number of ether oxygens (including phenoxy) is 1. The largest absolute Gasteiger partial charge is 0.481 e. The summed E-state index contributed by atoms with van der Waals surface area (Å²) in [6.07, 6.45) is 7.46. The Morgan fingerprint density at radius 2 is 2.13 bits per heavy atom. The van der Waals surface area contributed by atoms with Gasteiger partial charge in [0.25, 0.3) is 5.56 Å². The van der Waals surface area contributed by atoms with Crippen LogP contribution in [0.4, 0.5) is 0 Å². The summed E-state index contributed by atoms with van der Waals surface area (Å²) in [4.78, 5) is 21.0. The van der Waals surface area contributed by atoms with Crippen LogP contribution in [-0.4, -0.2) is 21.6 Å². The fourth-order valence-electron chi connectivity index (χ4n) is 2.94. The molecule has 2 aromatic heterocycles. The smallest absolute Gasteiger partial charge is 0.275 e. The molecular weight excluding hydrogens is 290 g/mol. The van der Waals surface area contributed by atoms with Crippen molar-refractivity contribution in [1.29, 1.82) is 0 Å². The van der Waals surface area contributed by atoms with Gasteiger partial charge in [-0.15, -0.1) is 0 Å². The van der Waals surface area contributed by atoms with E-state index in [0.717, 1.165) is 24.9 Å². The van der Waals surface area contributed by atoms with Crippen LogP contribution in [0.3, 0.4) is 0 Å². The minimum absolute atomic E-state index is 0.202. The van der Waals surface area contributed by atoms with Crippen LogP contribution in [0.1, 0.15) is 17.5 Å². The summed E-state index contributed by atoms with van der Waals surface area (Å²) < 4.78 is 6.77. The molecule has 0 atom stereocenters. The first kappa shape index (κ1) is 13.9. The molecule has 1 aromatic carbocycles. The van der Waals surface area contributed by atoms with Crippen molar-refractivity contribution in [1.82, 2.24) is 14.5 Å². The van der Waals surface area contributed by atoms with E-state index >= 15 is 0 Å². The average molecular weight is 305 g/mol. The van der Waals surface area contributed by atoms with E-state index in [4.69, 9.17) is 4.74 Å². The number of aromatic nitrogens is 3. The maximum atomic E-state index is 12.4. The summed E-state index contributed by atoms with van der Waals surface area (Å²) in [6.45, 7) is 0. The minimum atomic E-state index is -0.202. The third-order valence-corrected chi connectivity index (χ3v) is 4.12. The lowest BCUT2D eigenvalue weighted by Gasteiger charge is -2.17. The molecule has 3 aromatic rings. The molecule has 4 rings (SSSR count). The molecule has 0 bridgehead atoms. The van der Waals surface area contributed by atoms with E-state index in [1.54, 1.807) is 23.8 Å². The zero-order chi connectivity index (χ0) is 15.8. The quantitative estimate of drug-likeness (QED) is 0.729. The normalized spacial score (nSPS) is 13.8. The van der Waals surface area contributed by atoms with Gasteiger partial charge in [0.05, 0.1) is 19.0 Å². The Balaban J connectivity index is 1.97. The SMILES string of the molecule is COc1ccc2ncc(=O)n(-c3ccc4c(c3)CC[C]C4)c2n1. The van der Waals surface area contributed by atoms with Crippen molar-refractivity contribution in [2.24, 2.45) is 0 Å². The van der Waals surface area contributed by atoms with E-state index in [-0.39, 0.29) is 5.56 Å². The first-order valence-corrected chi connectivity index (χ1v) is 7.52. The topological polar surface area (TPSA) is 57.0 Å². The lowest BCUT2D eigenvalue weighted by atomic mass is 9.91. The van der Waals surface area contributed by atoms with Gasteiger partial charge in [0.1, 0.15) is 5.52 Å². The van der Waals surface area contributed by atoms with Crippen LogP contribution in [0.15, 0.2) is 41.3 Å². The van der Waals surface area contributed by atoms with Crippen LogP contribution in [-0.2, 0) is 12.8 Å². The molecule has 23 heavy (non-hydrogen) atoms. The number of pyridine rings is 1. The second kappa shape index (κ2) is 5.50. The van der Waals surface area contributed by atoms with E-state index < -0.39 is 0 Å². The molecule has 1 aliphatic rings. The van der Waals surface area contributed by atoms with Crippen molar-refractivity contribution in [2.75, 3.05) is 7.11 Å². The Labute approximate surface area is 133 Å². The van der Waals surface area contributed by atoms with Gasteiger partial charge in [-0.25, -0.2) is 4.98 Å². The van der Waals surface area contributed by atoms with Crippen LogP contribution < -0.4 is 10.3 Å². The molecule has 0 N–H and O–H groups in total. The zero-order valence-corrected chi connectivity index (χ0v) is 12.7. The van der Waals surface area contributed by atoms with Gasteiger partial charge in [-0.1, -0.05) is 6.07 Å². The van der Waals surface area contributed by atoms with Crippen molar-refractivity contribution < 1.29 is 4.74 Å². The van der Waals surface area contributed by atoms with E-state index in [2.05, 4.69) is 28.5 Å². The van der Waals surface area contributed by atoms with Crippen molar-refractivity contribution in [2.45, 2.75) is 19.3 Å². The molecular formula is C18H15N3O2. The lowest BCUT2D eigenvalue weighted by Crippen LogP contribution is -2.20. The van der Waals surface area contributed by atoms with Crippen LogP contribution in [0.25, 0.3) is 16.9 Å². The number of rotatable bonds is 2. The first-order chi connectivity index (χ1) is 11.3. The van der Waals surface area contributed by atoms with Crippen LogP contribution in [0, 0.1) is 6.42 Å². The van der Waals surface area contributed by atoms with Gasteiger partial charge in [0, 0.05) is 6.07 Å². The Kier molecular flexibility index (Phi) is 3.33. The van der Waals surface area contributed by atoms with Crippen LogP contribution >= 0.6 is 0 Å². The standard InChI is InChI=1S/C18H15N3O2/c1-23-16-9-8-15-18(20-16)21(17(22)11-19-15)14-7-6-12-4-2-3-5-13(12)10-14/h6-11H,3-5H2,1H3. The van der Waals surface area contributed by atoms with Crippen molar-refractivity contribution >= 4 is 11.2 Å². The predicted molar refractivity (Wildman–Crippen MR) is 87.0 cm³/mol. The third kappa shape index (κ3) is 2.38. The maximum Gasteiger partial charge on any atom is 0.275 e. The number of aryl methyl sites for hydroxylation is 1. The Morgan fingerprint density at radius 3 is 3.00 bits per heavy atom. The predicted octanol–water partition coefficient (Wildman–Crippen LogP) is 2.36. The van der Waals surface area contributed by atoms with Gasteiger partial charge >= 0.3 is 0 Å². The van der Waals surface area contributed by atoms with E-state index in [1.807, 2.05) is 6.07 Å². The molecule has 2 radical (unpaired) electrons. The highest BCUT2D eigenvalue weighted by atomic mass is 16.5. The summed E-state index contributed by atoms with van der Waals surface area (Å²) in [6, 6.07) is 9.63. The highest BCUT2D eigenvalue weighted by molar-refractivity contribution is 5.72. The molecule has 0 aliphatic heterocycles. The first-order valence-electron chi connectivity index (χ1n) is 7.52. The van der Waals surface area contributed by atoms with Gasteiger partial charge in [-0.3, -0.25) is 9.36 Å². The highest BCUT2D eigenvalue weighted by Gasteiger charge is 2.14. The van der Waals surface area contributed by atoms with E-state index in [1.165, 1.54) is 17.3 Å². The Bertz CT molecular complexity index is 947. The third-order valence-electron chi connectivity index (χ3n) is 4.12. The summed E-state index contributed by atoms with van der Waals surface area (Å²) in [5.41, 5.74) is 4.31. The Morgan fingerprint density at radius 1 is 1.22 bits per heavy atom. The molecule has 5 nitrogen and oxygen atoms in total. The molecule has 0 saturated heterocycles. The zero-order valence-electron chi connectivity index (χ0n) is 12.7. The number of nitrogens with zero attached hydrogens (tertiary/aromatic N) is 3. The molecule has 5 heteroatoms. The van der Waals surface area contributed by atoms with Crippen LogP contribution in [0.2, 0.25) is 0 Å². The summed E-state index contributed by atoms with van der Waals surface area (Å²) in [5, 5.41) is 0. The molecule has 0 saturated carbocycles. The van der Waals surface area contributed by atoms with Gasteiger partial charge in [-0.2, -0.15) is 4.98 Å². The second-order valence-corrected chi connectivity index (χ2v) is 5.51. The van der Waals surface area contributed by atoms with Crippen molar-refractivity contribution in [3.63, 3.8) is 0 Å². The van der Waals surface area contributed by atoms with Crippen molar-refractivity contribution in [3.8, 4) is 11.6 Å². The fraction of sp³-hybridized carbons (Fsp3) is 0.222. The van der Waals surface area contributed by atoms with Crippen molar-refractivity contribution in [3.05, 3.63) is 64.4 Å². The number of fused-ring (bicyclic) bond motifs is 2. The number of hydrogen-bond donors (Lipinski definition) is 0. The molecule has 2 heterocycles. The van der Waals surface area contributed by atoms with Crippen LogP contribution in [0.5, 0.6) is 5.88 Å². The molecule has 0 amide bonds. The maximum absolute atomic E-state index is 12.4. The number of benzene rings is 1. The molecule has 114 valence electrons. The number of hydrogen-bond acceptors (Lipinski definition) is 4. The van der Waals surface area contributed by atoms with Gasteiger partial charge in [-0.05, 0) is 55.0 Å². The summed E-state index contributed by atoms with van der Waals surface area (Å²) in [5.74, 6) is 0.459. The molecule has 0 spiro atoms. The summed E-state index contributed by atoms with van der Waals surface area (Å²) >= 11 is 0. The summed E-state index contributed by atoms with van der Waals surface area (Å²) in [7, 11) is 1.55. The molecule has 1 aliphatic carbocycles. The van der Waals surface area contributed by atoms with E-state index in [9.17, 15) is 4.79 Å². The average Bonchev–Trinajstić information content (AvgIpc) is 2.60. The molecule has 0 unspecified atom stereocenters. The highest BCUT2D eigenvalue weighted by Crippen LogP contribution is 2.24. The minimum Gasteiger partial charge on any atom is -0.481 e. The number of methoxy groups -OCH3 is 1. The Hall–Kier alpha value is -2.69. The van der Waals surface area contributed by atoms with Gasteiger partial charge in [0.2, 0.25) is 5.88 Å². The second-order valence-electron chi connectivity index (χ2n) is 5.51. The van der Waals surface area contributed by atoms with Gasteiger partial charge < -0.3 is 4.74 Å². The fourth-order valence-corrected chi connectivity index (χ4v) is 2.94.